The van der Waals surface area contributed by atoms with Crippen molar-refractivity contribution in [1.29, 1.82) is 0 Å². The Labute approximate surface area is 521 Å². The van der Waals surface area contributed by atoms with Crippen LogP contribution in [0.2, 0.25) is 0 Å². The summed E-state index contributed by atoms with van der Waals surface area (Å²) in [6, 6.07) is 38.1. The number of hydrogen-bond acceptors (Lipinski definition) is 16. The normalized spacial score (nSPS) is 13.3. The molecule has 0 fully saturated rings. The van der Waals surface area contributed by atoms with Gasteiger partial charge in [-0.3, -0.25) is 4.90 Å². The third-order valence-electron chi connectivity index (χ3n) is 15.4. The summed E-state index contributed by atoms with van der Waals surface area (Å²) < 4.78 is 183. The van der Waals surface area contributed by atoms with Gasteiger partial charge in [0.2, 0.25) is 60.1 Å². The first-order valence-corrected chi connectivity index (χ1v) is 37.4. The standard InChI is InChI=1S/C60H84N10O12S6/c1-46-19-7-13-25-52(46)83(71,72)64-37-31-58(61,32-38-65-84(73,74)53-26-14-8-20-47(53)2)43-70(44-59(62,33-39-66-85(75,76)54-27-15-9-21-48(54)3)34-40-67-86(77,78)55-28-16-10-22-49(55)4)45-60(63,35-41-68-87(79,80)56-29-17-11-23-50(56)5)36-42-69-88(81,82)57-30-18-12-24-51(57)6/h7-30,64-69H,31-45,61-63H2,1-6H3. The van der Waals surface area contributed by atoms with Crippen molar-refractivity contribution in [1.82, 2.24) is 33.2 Å². The quantitative estimate of drug-likeness (QED) is 0.0262. The van der Waals surface area contributed by atoms with Crippen LogP contribution in [0.3, 0.4) is 0 Å². The van der Waals surface area contributed by atoms with Gasteiger partial charge in [0.15, 0.2) is 0 Å². The van der Waals surface area contributed by atoms with Crippen LogP contribution < -0.4 is 45.5 Å². The summed E-state index contributed by atoms with van der Waals surface area (Å²) in [6.07, 6.45) is -0.948. The largest absolute Gasteiger partial charge is 0.324 e. The molecule has 22 nitrogen and oxygen atoms in total. The third kappa shape index (κ3) is 20.1. The lowest BCUT2D eigenvalue weighted by Gasteiger charge is -2.44. The van der Waals surface area contributed by atoms with Crippen LogP contribution >= 0.6 is 0 Å². The highest BCUT2D eigenvalue weighted by Gasteiger charge is 2.39. The first-order valence-electron chi connectivity index (χ1n) is 28.5. The van der Waals surface area contributed by atoms with Crippen LogP contribution in [-0.4, -0.2) is 131 Å². The monoisotopic (exact) mass is 1330 g/mol. The molecule has 6 aromatic carbocycles. The van der Waals surface area contributed by atoms with Gasteiger partial charge in [-0.25, -0.2) is 78.8 Å². The van der Waals surface area contributed by atoms with E-state index in [0.29, 0.717) is 33.4 Å². The van der Waals surface area contributed by atoms with Crippen molar-refractivity contribution in [3.8, 4) is 0 Å². The molecule has 0 heterocycles. The molecule has 28 heteroatoms. The molecule has 0 saturated carbocycles. The number of sulfonamides is 6. The molecule has 6 rings (SSSR count). The number of nitrogens with zero attached hydrogens (tertiary/aromatic N) is 1. The lowest BCUT2D eigenvalue weighted by molar-refractivity contribution is 0.115. The number of nitrogens with two attached hydrogens (primary N) is 3. The van der Waals surface area contributed by atoms with Gasteiger partial charge in [0.05, 0.1) is 29.4 Å². The minimum absolute atomic E-state index is 0.0123. The Hall–Kier alpha value is -5.38. The lowest BCUT2D eigenvalue weighted by atomic mass is 9.85. The van der Waals surface area contributed by atoms with E-state index < -0.39 is 76.8 Å². The predicted octanol–water partition coefficient (Wildman–Crippen LogP) is 4.44. The van der Waals surface area contributed by atoms with Crippen LogP contribution in [0.1, 0.15) is 71.9 Å². The molecule has 88 heavy (non-hydrogen) atoms. The fourth-order valence-corrected chi connectivity index (χ4v) is 18.2. The van der Waals surface area contributed by atoms with E-state index in [2.05, 4.69) is 28.3 Å². The van der Waals surface area contributed by atoms with Crippen LogP contribution in [0.15, 0.2) is 175 Å². The maximum atomic E-state index is 13.9. The molecule has 0 bridgehead atoms. The molecule has 0 aliphatic rings. The lowest BCUT2D eigenvalue weighted by Crippen LogP contribution is -2.63. The third-order valence-corrected chi connectivity index (χ3v) is 25.1. The first kappa shape index (κ1) is 71.7. The minimum Gasteiger partial charge on any atom is -0.324 e. The Morgan fingerprint density at radius 2 is 0.409 bits per heavy atom. The van der Waals surface area contributed by atoms with E-state index in [0.717, 1.165) is 0 Å². The van der Waals surface area contributed by atoms with E-state index in [1.807, 2.05) is 0 Å². The molecule has 0 radical (unpaired) electrons. The average molecular weight is 1330 g/mol. The van der Waals surface area contributed by atoms with Gasteiger partial charge in [-0.05, 0) is 150 Å². The van der Waals surface area contributed by atoms with Gasteiger partial charge in [-0.15, -0.1) is 0 Å². The zero-order valence-corrected chi connectivity index (χ0v) is 55.4. The number of rotatable bonds is 36. The van der Waals surface area contributed by atoms with Crippen LogP contribution in [0.25, 0.3) is 0 Å². The summed E-state index contributed by atoms with van der Waals surface area (Å²) in [4.78, 5) is 1.80. The molecule has 0 spiro atoms. The zero-order valence-electron chi connectivity index (χ0n) is 50.5. The second kappa shape index (κ2) is 30.2. The van der Waals surface area contributed by atoms with Crippen molar-refractivity contribution in [3.05, 3.63) is 179 Å². The van der Waals surface area contributed by atoms with Gasteiger partial charge in [-0.1, -0.05) is 109 Å². The molecule has 0 saturated heterocycles. The van der Waals surface area contributed by atoms with Gasteiger partial charge in [0.1, 0.15) is 0 Å². The molecule has 0 aliphatic heterocycles. The van der Waals surface area contributed by atoms with E-state index in [1.54, 1.807) is 156 Å². The highest BCUT2D eigenvalue weighted by atomic mass is 32.2. The molecule has 482 valence electrons. The summed E-state index contributed by atoms with van der Waals surface area (Å²) in [7, 11) is -25.0. The Kier molecular flexibility index (Phi) is 24.6. The van der Waals surface area contributed by atoms with Crippen molar-refractivity contribution >= 4 is 60.1 Å². The summed E-state index contributed by atoms with van der Waals surface area (Å²) in [5, 5.41) is 0. The van der Waals surface area contributed by atoms with Crippen LogP contribution in [0, 0.1) is 41.5 Å². The molecule has 0 atom stereocenters. The summed E-state index contributed by atoms with van der Waals surface area (Å²) in [6.45, 7) is 7.35. The maximum Gasteiger partial charge on any atom is 0.240 e. The molecule has 0 aliphatic carbocycles. The van der Waals surface area contributed by atoms with Crippen molar-refractivity contribution in [2.24, 2.45) is 17.2 Å². The van der Waals surface area contributed by atoms with Crippen LogP contribution in [0.4, 0.5) is 0 Å². The molecule has 0 amide bonds. The zero-order chi connectivity index (χ0) is 64.8. The van der Waals surface area contributed by atoms with Crippen LogP contribution in [-0.2, 0) is 60.1 Å². The van der Waals surface area contributed by atoms with Gasteiger partial charge < -0.3 is 17.2 Å². The van der Waals surface area contributed by atoms with Crippen molar-refractivity contribution in [3.63, 3.8) is 0 Å². The first-order chi connectivity index (χ1) is 41.1. The highest BCUT2D eigenvalue weighted by Crippen LogP contribution is 2.27. The minimum atomic E-state index is -4.16. The second-order valence-electron chi connectivity index (χ2n) is 22.7. The van der Waals surface area contributed by atoms with E-state index in [4.69, 9.17) is 17.2 Å². The topological polar surface area (TPSA) is 358 Å². The number of nitrogens with one attached hydrogen (secondary N) is 6. The fourth-order valence-electron chi connectivity index (χ4n) is 10.6. The highest BCUT2D eigenvalue weighted by molar-refractivity contribution is 7.91. The Morgan fingerprint density at radius 1 is 0.273 bits per heavy atom. The van der Waals surface area contributed by atoms with E-state index in [1.165, 1.54) is 36.4 Å². The van der Waals surface area contributed by atoms with Crippen molar-refractivity contribution in [2.45, 2.75) is 126 Å². The van der Waals surface area contributed by atoms with Gasteiger partial charge in [0.25, 0.3) is 0 Å². The maximum absolute atomic E-state index is 13.9. The van der Waals surface area contributed by atoms with E-state index >= 15 is 0 Å². The molecule has 0 unspecified atom stereocenters. The average Bonchev–Trinajstić information content (AvgIpc) is 3.59. The van der Waals surface area contributed by atoms with Gasteiger partial charge >= 0.3 is 0 Å². The Morgan fingerprint density at radius 3 is 0.545 bits per heavy atom. The summed E-state index contributed by atoms with van der Waals surface area (Å²) >= 11 is 0. The molecule has 12 N–H and O–H groups in total. The SMILES string of the molecule is Cc1ccccc1S(=O)(=O)NCCC(N)(CCNS(=O)(=O)c1ccccc1C)CN(CC(N)(CCNS(=O)(=O)c1ccccc1C)CCNS(=O)(=O)c1ccccc1C)CC(N)(CCNS(=O)(=O)c1ccccc1C)CCNS(=O)(=O)c1ccccc1C. The molecule has 6 aromatic rings. The predicted molar refractivity (Wildman–Crippen MR) is 343 cm³/mol. The Balaban J connectivity index is 1.45. The Bertz CT molecular complexity index is 3420. The number of aryl methyl sites for hydroxylation is 6. The summed E-state index contributed by atoms with van der Waals surface area (Å²) in [5.41, 5.74) is 20.6. The van der Waals surface area contributed by atoms with Gasteiger partial charge in [-0.2, -0.15) is 0 Å². The van der Waals surface area contributed by atoms with Crippen LogP contribution in [0.5, 0.6) is 0 Å². The molecular formula is C60H84N10O12S6. The number of benzene rings is 6. The van der Waals surface area contributed by atoms with Crippen molar-refractivity contribution < 1.29 is 50.5 Å². The smallest absolute Gasteiger partial charge is 0.240 e. The summed E-state index contributed by atoms with van der Waals surface area (Å²) in [5.74, 6) is 0. The number of hydrogen-bond donors (Lipinski definition) is 9. The second-order valence-corrected chi connectivity index (χ2v) is 33.1. The molecule has 0 aromatic heterocycles. The van der Waals surface area contributed by atoms with E-state index in [-0.39, 0.29) is 127 Å². The molecular weight excluding hydrogens is 1250 g/mol. The fraction of sp³-hybridized carbons (Fsp3) is 0.400. The van der Waals surface area contributed by atoms with E-state index in [9.17, 15) is 50.5 Å². The van der Waals surface area contributed by atoms with Crippen molar-refractivity contribution in [2.75, 3.05) is 58.9 Å². The van der Waals surface area contributed by atoms with Gasteiger partial charge in [0, 0.05) is 75.5 Å².